The molecule has 23 heavy (non-hydrogen) atoms. The van der Waals surface area contributed by atoms with E-state index < -0.39 is 30.5 Å². The summed E-state index contributed by atoms with van der Waals surface area (Å²) in [5, 5.41) is 13.6. The first-order chi connectivity index (χ1) is 11.0. The van der Waals surface area contributed by atoms with Gasteiger partial charge in [0.2, 0.25) is 0 Å². The number of carbonyl (C=O) groups excluding carboxylic acids is 2. The lowest BCUT2D eigenvalue weighted by atomic mass is 9.99. The predicted molar refractivity (Wildman–Crippen MR) is 83.9 cm³/mol. The number of amides is 1. The van der Waals surface area contributed by atoms with Gasteiger partial charge in [0.15, 0.2) is 6.61 Å². The molecule has 0 unspecified atom stereocenters. The summed E-state index contributed by atoms with van der Waals surface area (Å²) in [5.41, 5.74) is 0.822. The molecule has 120 valence electrons. The molecule has 2 rings (SSSR count). The maximum Gasteiger partial charge on any atom is 0.326 e. The highest BCUT2D eigenvalue weighted by Crippen LogP contribution is 2.19. The van der Waals surface area contributed by atoms with Crippen molar-refractivity contribution in [2.75, 3.05) is 6.61 Å². The lowest BCUT2D eigenvalue weighted by Crippen LogP contribution is -2.44. The van der Waals surface area contributed by atoms with Gasteiger partial charge in [0.25, 0.3) is 5.91 Å². The van der Waals surface area contributed by atoms with E-state index in [-0.39, 0.29) is 6.42 Å². The Morgan fingerprint density at radius 1 is 1.13 bits per heavy atom. The second-order valence-corrected chi connectivity index (χ2v) is 5.08. The number of rotatable bonds is 6. The molecule has 0 aliphatic heterocycles. The van der Waals surface area contributed by atoms with Crippen LogP contribution in [0, 0.1) is 0 Å². The molecule has 0 heterocycles. The molecule has 0 saturated heterocycles. The minimum atomic E-state index is -1.14. The van der Waals surface area contributed by atoms with Crippen LogP contribution in [0.4, 0.5) is 0 Å². The monoisotopic (exact) mass is 315 g/mol. The largest absolute Gasteiger partial charge is 0.480 e. The fraction of sp³-hybridized carbons (Fsp3) is 0.235. The van der Waals surface area contributed by atoms with Crippen molar-refractivity contribution in [1.82, 2.24) is 5.32 Å². The number of fused-ring (bicyclic) bond motifs is 1. The third-order valence-electron chi connectivity index (χ3n) is 3.34. The van der Waals surface area contributed by atoms with Gasteiger partial charge >= 0.3 is 11.9 Å². The average molecular weight is 315 g/mol. The highest BCUT2D eigenvalue weighted by molar-refractivity contribution is 5.88. The highest BCUT2D eigenvalue weighted by atomic mass is 16.5. The van der Waals surface area contributed by atoms with Crippen LogP contribution in [0.3, 0.4) is 0 Å². The molecule has 6 heteroatoms. The van der Waals surface area contributed by atoms with Gasteiger partial charge in [-0.2, -0.15) is 0 Å². The van der Waals surface area contributed by atoms with E-state index in [2.05, 4.69) is 10.1 Å². The van der Waals surface area contributed by atoms with Crippen LogP contribution in [0.5, 0.6) is 0 Å². The normalized spacial score (nSPS) is 11.7. The number of ether oxygens (including phenoxy) is 1. The van der Waals surface area contributed by atoms with Crippen LogP contribution in [0.2, 0.25) is 0 Å². The Balaban J connectivity index is 2.14. The molecular weight excluding hydrogens is 298 g/mol. The minimum absolute atomic E-state index is 0.141. The zero-order chi connectivity index (χ0) is 16.8. The third-order valence-corrected chi connectivity index (χ3v) is 3.34. The standard InChI is InChI=1S/C17H17NO5/c1-11(19)23-10-16(20)18-15(17(21)22)9-13-7-4-6-12-5-2-3-8-14(12)13/h2-8,15H,9-10H2,1H3,(H,18,20)(H,21,22)/t15-/m1/s1. The number of esters is 1. The first-order valence-corrected chi connectivity index (χ1v) is 7.09. The molecule has 0 bridgehead atoms. The van der Waals surface area contributed by atoms with Crippen LogP contribution < -0.4 is 5.32 Å². The maximum atomic E-state index is 11.7. The van der Waals surface area contributed by atoms with Crippen LogP contribution in [0.1, 0.15) is 12.5 Å². The summed E-state index contributed by atoms with van der Waals surface area (Å²) in [6, 6.07) is 12.1. The molecule has 6 nitrogen and oxygen atoms in total. The summed E-state index contributed by atoms with van der Waals surface area (Å²) in [6.45, 7) is 0.687. The molecule has 0 saturated carbocycles. The Kier molecular flexibility index (Phi) is 5.30. The lowest BCUT2D eigenvalue weighted by Gasteiger charge is -2.16. The van der Waals surface area contributed by atoms with Crippen molar-refractivity contribution in [2.24, 2.45) is 0 Å². The van der Waals surface area contributed by atoms with Crippen molar-refractivity contribution >= 4 is 28.6 Å². The molecule has 2 aromatic carbocycles. The van der Waals surface area contributed by atoms with Crippen LogP contribution in [0.25, 0.3) is 10.8 Å². The summed E-state index contributed by atoms with van der Waals surface area (Å²) in [6.07, 6.45) is 0.141. The number of hydrogen-bond donors (Lipinski definition) is 2. The molecule has 0 aromatic heterocycles. The number of aliphatic carboxylic acids is 1. The molecule has 2 N–H and O–H groups in total. The van der Waals surface area contributed by atoms with E-state index in [9.17, 15) is 19.5 Å². The quantitative estimate of drug-likeness (QED) is 0.788. The fourth-order valence-corrected chi connectivity index (χ4v) is 2.29. The van der Waals surface area contributed by atoms with Crippen molar-refractivity contribution in [1.29, 1.82) is 0 Å². The van der Waals surface area contributed by atoms with Gasteiger partial charge < -0.3 is 15.2 Å². The van der Waals surface area contributed by atoms with Crippen LogP contribution >= 0.6 is 0 Å². The molecular formula is C17H17NO5. The molecule has 1 atom stereocenters. The van der Waals surface area contributed by atoms with E-state index in [1.54, 1.807) is 0 Å². The second kappa shape index (κ2) is 7.40. The molecule has 0 aliphatic carbocycles. The summed E-state index contributed by atoms with van der Waals surface area (Å²) in [4.78, 5) is 33.7. The first kappa shape index (κ1) is 16.5. The molecule has 0 spiro atoms. The van der Waals surface area contributed by atoms with E-state index in [1.807, 2.05) is 42.5 Å². The SMILES string of the molecule is CC(=O)OCC(=O)N[C@H](Cc1cccc2ccccc12)C(=O)O. The fourth-order valence-electron chi connectivity index (χ4n) is 2.29. The number of hydrogen-bond acceptors (Lipinski definition) is 4. The van der Waals surface area contributed by atoms with E-state index >= 15 is 0 Å². The summed E-state index contributed by atoms with van der Waals surface area (Å²) in [7, 11) is 0. The number of benzene rings is 2. The number of carboxylic acids is 1. The van der Waals surface area contributed by atoms with Gasteiger partial charge in [-0.3, -0.25) is 9.59 Å². The highest BCUT2D eigenvalue weighted by Gasteiger charge is 2.21. The van der Waals surface area contributed by atoms with Crippen molar-refractivity contribution in [3.05, 3.63) is 48.0 Å². The Labute approximate surface area is 133 Å². The Morgan fingerprint density at radius 2 is 1.83 bits per heavy atom. The minimum Gasteiger partial charge on any atom is -0.480 e. The van der Waals surface area contributed by atoms with Gasteiger partial charge in [-0.05, 0) is 16.3 Å². The molecule has 2 aromatic rings. The van der Waals surface area contributed by atoms with Gasteiger partial charge in [-0.25, -0.2) is 4.79 Å². The van der Waals surface area contributed by atoms with Crippen molar-refractivity contribution < 1.29 is 24.2 Å². The van der Waals surface area contributed by atoms with Crippen LogP contribution in [0.15, 0.2) is 42.5 Å². The molecule has 0 fully saturated rings. The van der Waals surface area contributed by atoms with E-state index in [4.69, 9.17) is 0 Å². The summed E-state index contributed by atoms with van der Waals surface area (Å²) >= 11 is 0. The van der Waals surface area contributed by atoms with Gasteiger partial charge in [-0.1, -0.05) is 42.5 Å². The third kappa shape index (κ3) is 4.54. The van der Waals surface area contributed by atoms with Gasteiger partial charge in [0.1, 0.15) is 6.04 Å². The van der Waals surface area contributed by atoms with E-state index in [0.717, 1.165) is 16.3 Å². The van der Waals surface area contributed by atoms with Gasteiger partial charge in [0.05, 0.1) is 0 Å². The predicted octanol–water partition coefficient (Wildman–Crippen LogP) is 1.51. The van der Waals surface area contributed by atoms with Crippen molar-refractivity contribution in [2.45, 2.75) is 19.4 Å². The molecule has 0 radical (unpaired) electrons. The van der Waals surface area contributed by atoms with Gasteiger partial charge in [0, 0.05) is 13.3 Å². The molecule has 0 aliphatic rings. The lowest BCUT2D eigenvalue weighted by molar-refractivity contribution is -0.148. The van der Waals surface area contributed by atoms with Crippen molar-refractivity contribution in [3.8, 4) is 0 Å². The average Bonchev–Trinajstić information content (AvgIpc) is 2.52. The number of carbonyl (C=O) groups is 3. The number of carboxylic acid groups (broad SMARTS) is 1. The number of nitrogens with one attached hydrogen (secondary N) is 1. The van der Waals surface area contributed by atoms with E-state index in [0.29, 0.717) is 0 Å². The van der Waals surface area contributed by atoms with Gasteiger partial charge in [-0.15, -0.1) is 0 Å². The zero-order valence-corrected chi connectivity index (χ0v) is 12.6. The summed E-state index contributed by atoms with van der Waals surface area (Å²) < 4.78 is 4.56. The first-order valence-electron chi connectivity index (χ1n) is 7.09. The molecule has 1 amide bonds. The zero-order valence-electron chi connectivity index (χ0n) is 12.6. The smallest absolute Gasteiger partial charge is 0.326 e. The maximum absolute atomic E-state index is 11.7. The second-order valence-electron chi connectivity index (χ2n) is 5.08. The summed E-state index contributed by atoms with van der Waals surface area (Å²) in [5.74, 6) is -2.39. The van der Waals surface area contributed by atoms with Crippen molar-refractivity contribution in [3.63, 3.8) is 0 Å². The van der Waals surface area contributed by atoms with Crippen LogP contribution in [-0.2, 0) is 25.5 Å². The Morgan fingerprint density at radius 3 is 2.52 bits per heavy atom. The topological polar surface area (TPSA) is 92.7 Å². The Bertz CT molecular complexity index is 735. The van der Waals surface area contributed by atoms with Crippen LogP contribution in [-0.4, -0.2) is 35.6 Å². The Hall–Kier alpha value is -2.89. The van der Waals surface area contributed by atoms with E-state index in [1.165, 1.54) is 6.92 Å².